The lowest BCUT2D eigenvalue weighted by Crippen LogP contribution is -2.41. The zero-order valence-electron chi connectivity index (χ0n) is 14.6. The van der Waals surface area contributed by atoms with Gasteiger partial charge in [0.2, 0.25) is 10.0 Å². The molecular weight excluding hydrogens is 360 g/mol. The van der Waals surface area contributed by atoms with Gasteiger partial charge in [0.05, 0.1) is 11.0 Å². The molecule has 3 rings (SSSR count). The fourth-order valence-corrected chi connectivity index (χ4v) is 4.40. The summed E-state index contributed by atoms with van der Waals surface area (Å²) in [6.07, 6.45) is 1.47. The average Bonchev–Trinajstić information content (AvgIpc) is 3.27. The number of hydrogen-bond donors (Lipinski definition) is 2. The monoisotopic (exact) mass is 382 g/mol. The van der Waals surface area contributed by atoms with E-state index in [2.05, 4.69) is 4.72 Å². The molecule has 142 valence electrons. The molecule has 26 heavy (non-hydrogen) atoms. The van der Waals surface area contributed by atoms with Crippen LogP contribution in [0.1, 0.15) is 35.2 Å². The summed E-state index contributed by atoms with van der Waals surface area (Å²) in [4.78, 5) is 25.7. The average molecular weight is 382 g/mol. The van der Waals surface area contributed by atoms with Crippen molar-refractivity contribution in [1.82, 2.24) is 9.62 Å². The van der Waals surface area contributed by atoms with Crippen molar-refractivity contribution in [3.63, 3.8) is 0 Å². The molecule has 1 aromatic carbocycles. The Morgan fingerprint density at radius 3 is 2.58 bits per heavy atom. The Balaban J connectivity index is 1.91. The number of carbonyl (C=O) groups excluding carboxylic acids is 1. The molecule has 0 aromatic heterocycles. The summed E-state index contributed by atoms with van der Waals surface area (Å²) >= 11 is 0. The first kappa shape index (κ1) is 18.8. The quantitative estimate of drug-likeness (QED) is 0.751. The zero-order chi connectivity index (χ0) is 19.1. The van der Waals surface area contributed by atoms with E-state index in [9.17, 15) is 23.1 Å². The molecule has 0 bridgehead atoms. The Labute approximate surface area is 152 Å². The van der Waals surface area contributed by atoms with Gasteiger partial charge in [-0.25, -0.2) is 17.9 Å². The normalized spacial score (nSPS) is 23.2. The van der Waals surface area contributed by atoms with Crippen molar-refractivity contribution >= 4 is 21.9 Å². The summed E-state index contributed by atoms with van der Waals surface area (Å²) in [5.41, 5.74) is 0.775. The van der Waals surface area contributed by atoms with Gasteiger partial charge < -0.3 is 14.7 Å². The van der Waals surface area contributed by atoms with Crippen molar-refractivity contribution in [3.05, 3.63) is 29.3 Å². The number of sulfonamides is 1. The Kier molecular flexibility index (Phi) is 5.05. The highest BCUT2D eigenvalue weighted by molar-refractivity contribution is 7.89. The minimum Gasteiger partial charge on any atom is -0.480 e. The highest BCUT2D eigenvalue weighted by Gasteiger charge is 2.40. The topological polar surface area (TPSA) is 113 Å². The molecule has 2 atom stereocenters. The lowest BCUT2D eigenvalue weighted by Gasteiger charge is -2.22. The molecule has 1 aliphatic heterocycles. The van der Waals surface area contributed by atoms with E-state index in [1.807, 2.05) is 0 Å². The predicted octanol–water partition coefficient (Wildman–Crippen LogP) is 0.750. The molecule has 1 heterocycles. The number of nitrogens with one attached hydrogen (secondary N) is 1. The molecule has 1 saturated heterocycles. The molecule has 9 heteroatoms. The van der Waals surface area contributed by atoms with E-state index in [1.54, 1.807) is 13.0 Å². The summed E-state index contributed by atoms with van der Waals surface area (Å²) in [5.74, 6) is -1.60. The number of benzene rings is 1. The molecule has 1 amide bonds. The van der Waals surface area contributed by atoms with Crippen LogP contribution < -0.4 is 4.72 Å². The summed E-state index contributed by atoms with van der Waals surface area (Å²) < 4.78 is 32.6. The van der Waals surface area contributed by atoms with Crippen LogP contribution >= 0.6 is 0 Å². The molecular formula is C17H22N2O6S. The number of amides is 1. The third-order valence-corrected chi connectivity index (χ3v) is 6.31. The van der Waals surface area contributed by atoms with Gasteiger partial charge in [0, 0.05) is 31.7 Å². The van der Waals surface area contributed by atoms with E-state index in [-0.39, 0.29) is 35.6 Å². The molecule has 1 aliphatic carbocycles. The van der Waals surface area contributed by atoms with Crippen LogP contribution in [0.5, 0.6) is 0 Å². The van der Waals surface area contributed by atoms with Crippen LogP contribution in [0.2, 0.25) is 0 Å². The summed E-state index contributed by atoms with van der Waals surface area (Å²) in [7, 11) is -2.23. The second-order valence-electron chi connectivity index (χ2n) is 6.78. The molecule has 8 nitrogen and oxygen atoms in total. The van der Waals surface area contributed by atoms with Gasteiger partial charge in [-0.05, 0) is 37.5 Å². The molecule has 2 fully saturated rings. The van der Waals surface area contributed by atoms with E-state index >= 15 is 0 Å². The van der Waals surface area contributed by atoms with Crippen LogP contribution in [-0.2, 0) is 19.6 Å². The first-order valence-electron chi connectivity index (χ1n) is 8.42. The predicted molar refractivity (Wildman–Crippen MR) is 92.4 cm³/mol. The maximum absolute atomic E-state index is 12.9. The Morgan fingerprint density at radius 1 is 1.31 bits per heavy atom. The standard InChI is InChI=1S/C17H22N2O6S/c1-10-3-6-13(26(23,24)18-11-4-5-11)8-14(10)16(20)19-9-12(25-2)7-15(19)17(21)22/h3,6,8,11-12,15,18H,4-5,7,9H2,1-2H3,(H,21,22). The van der Waals surface area contributed by atoms with E-state index < -0.39 is 27.9 Å². The molecule has 0 spiro atoms. The van der Waals surface area contributed by atoms with Gasteiger partial charge >= 0.3 is 5.97 Å². The first-order chi connectivity index (χ1) is 12.2. The van der Waals surface area contributed by atoms with Gasteiger partial charge in [0.1, 0.15) is 6.04 Å². The van der Waals surface area contributed by atoms with E-state index in [0.717, 1.165) is 12.8 Å². The van der Waals surface area contributed by atoms with Crippen molar-refractivity contribution in [2.75, 3.05) is 13.7 Å². The van der Waals surface area contributed by atoms with E-state index in [0.29, 0.717) is 5.56 Å². The largest absolute Gasteiger partial charge is 0.480 e. The molecule has 2 aliphatic rings. The fourth-order valence-electron chi connectivity index (χ4n) is 3.07. The van der Waals surface area contributed by atoms with Crippen molar-refractivity contribution in [3.8, 4) is 0 Å². The summed E-state index contributed by atoms with van der Waals surface area (Å²) in [6, 6.07) is 3.30. The molecule has 2 N–H and O–H groups in total. The maximum atomic E-state index is 12.9. The van der Waals surface area contributed by atoms with Gasteiger partial charge in [-0.3, -0.25) is 4.79 Å². The number of aryl methyl sites for hydroxylation is 1. The second kappa shape index (κ2) is 6.98. The van der Waals surface area contributed by atoms with Crippen molar-refractivity contribution in [2.45, 2.75) is 49.3 Å². The number of carboxylic acids is 1. The number of aliphatic carboxylic acids is 1. The lowest BCUT2D eigenvalue weighted by molar-refractivity contribution is -0.141. The Morgan fingerprint density at radius 2 is 2.00 bits per heavy atom. The fraction of sp³-hybridized carbons (Fsp3) is 0.529. The van der Waals surface area contributed by atoms with Crippen molar-refractivity contribution < 1.29 is 27.9 Å². The Bertz CT molecular complexity index is 834. The maximum Gasteiger partial charge on any atom is 0.326 e. The van der Waals surface area contributed by atoms with E-state index in [4.69, 9.17) is 4.74 Å². The van der Waals surface area contributed by atoms with Crippen molar-refractivity contribution in [1.29, 1.82) is 0 Å². The van der Waals surface area contributed by atoms with Gasteiger partial charge in [0.15, 0.2) is 0 Å². The second-order valence-corrected chi connectivity index (χ2v) is 8.49. The molecule has 1 saturated carbocycles. The number of carbonyl (C=O) groups is 2. The number of rotatable bonds is 6. The molecule has 2 unspecified atom stereocenters. The highest BCUT2D eigenvalue weighted by atomic mass is 32.2. The summed E-state index contributed by atoms with van der Waals surface area (Å²) in [5, 5.41) is 9.40. The molecule has 0 radical (unpaired) electrons. The minimum absolute atomic E-state index is 0.00714. The molecule has 1 aromatic rings. The Hall–Kier alpha value is -1.97. The summed E-state index contributed by atoms with van der Waals surface area (Å²) in [6.45, 7) is 1.85. The number of methoxy groups -OCH3 is 1. The number of hydrogen-bond acceptors (Lipinski definition) is 5. The minimum atomic E-state index is -3.70. The van der Waals surface area contributed by atoms with Crippen LogP contribution in [0.15, 0.2) is 23.1 Å². The third kappa shape index (κ3) is 3.74. The van der Waals surface area contributed by atoms with Crippen LogP contribution in [0.3, 0.4) is 0 Å². The third-order valence-electron chi connectivity index (χ3n) is 4.79. The number of carboxylic acid groups (broad SMARTS) is 1. The van der Waals surface area contributed by atoms with Gasteiger partial charge in [0.25, 0.3) is 5.91 Å². The van der Waals surface area contributed by atoms with Gasteiger partial charge in [-0.2, -0.15) is 0 Å². The van der Waals surface area contributed by atoms with Gasteiger partial charge in [-0.15, -0.1) is 0 Å². The first-order valence-corrected chi connectivity index (χ1v) is 9.91. The number of ether oxygens (including phenoxy) is 1. The SMILES string of the molecule is COC1CC(C(=O)O)N(C(=O)c2cc(S(=O)(=O)NC3CC3)ccc2C)C1. The van der Waals surface area contributed by atoms with E-state index in [1.165, 1.54) is 24.1 Å². The number of nitrogens with zero attached hydrogens (tertiary/aromatic N) is 1. The zero-order valence-corrected chi connectivity index (χ0v) is 15.5. The van der Waals surface area contributed by atoms with Gasteiger partial charge in [-0.1, -0.05) is 6.07 Å². The number of likely N-dealkylation sites (tertiary alicyclic amines) is 1. The smallest absolute Gasteiger partial charge is 0.326 e. The van der Waals surface area contributed by atoms with Crippen LogP contribution in [0.25, 0.3) is 0 Å². The van der Waals surface area contributed by atoms with Crippen LogP contribution in [-0.4, -0.2) is 62.1 Å². The van der Waals surface area contributed by atoms with Crippen LogP contribution in [0, 0.1) is 6.92 Å². The van der Waals surface area contributed by atoms with Crippen LogP contribution in [0.4, 0.5) is 0 Å². The lowest BCUT2D eigenvalue weighted by atomic mass is 10.1. The van der Waals surface area contributed by atoms with Crippen molar-refractivity contribution in [2.24, 2.45) is 0 Å². The highest BCUT2D eigenvalue weighted by Crippen LogP contribution is 2.26.